The van der Waals surface area contributed by atoms with E-state index in [2.05, 4.69) is 10.3 Å². The van der Waals surface area contributed by atoms with E-state index in [4.69, 9.17) is 0 Å². The lowest BCUT2D eigenvalue weighted by Crippen LogP contribution is -2.34. The molecular weight excluding hydrogens is 374 g/mol. The summed E-state index contributed by atoms with van der Waals surface area (Å²) in [7, 11) is 0. The summed E-state index contributed by atoms with van der Waals surface area (Å²) in [5.74, 6) is -0.922. The Morgan fingerprint density at radius 2 is 1.61 bits per heavy atom. The van der Waals surface area contributed by atoms with Crippen molar-refractivity contribution < 1.29 is 14.4 Å². The standard InChI is InChI=1S/C21H17N3O3S/c25-18(10-11-24-20(26)15-8-4-5-9-16(15)21(24)27)22-12-19-23-17(13-28-19)14-6-2-1-3-7-14/h1-9,13H,10-12H2,(H,22,25). The average Bonchev–Trinajstić information content (AvgIpc) is 3.30. The van der Waals surface area contributed by atoms with Gasteiger partial charge in [0.1, 0.15) is 5.01 Å². The Morgan fingerprint density at radius 3 is 2.29 bits per heavy atom. The van der Waals surface area contributed by atoms with Crippen molar-refractivity contribution in [2.45, 2.75) is 13.0 Å². The van der Waals surface area contributed by atoms with Gasteiger partial charge >= 0.3 is 0 Å². The van der Waals surface area contributed by atoms with Crippen molar-refractivity contribution in [3.8, 4) is 11.3 Å². The molecule has 4 rings (SSSR count). The van der Waals surface area contributed by atoms with Gasteiger partial charge in [0.05, 0.1) is 23.4 Å². The summed E-state index contributed by atoms with van der Waals surface area (Å²) in [6.07, 6.45) is 0.0579. The average molecular weight is 391 g/mol. The zero-order chi connectivity index (χ0) is 19.5. The molecule has 2 aromatic carbocycles. The summed E-state index contributed by atoms with van der Waals surface area (Å²) in [5, 5.41) is 5.55. The van der Waals surface area contributed by atoms with E-state index in [9.17, 15) is 14.4 Å². The molecule has 0 unspecified atom stereocenters. The van der Waals surface area contributed by atoms with Gasteiger partial charge in [-0.1, -0.05) is 42.5 Å². The summed E-state index contributed by atoms with van der Waals surface area (Å²) in [6, 6.07) is 16.5. The minimum Gasteiger partial charge on any atom is -0.350 e. The number of hydrogen-bond donors (Lipinski definition) is 1. The number of aromatic nitrogens is 1. The molecule has 1 aromatic heterocycles. The molecule has 3 aromatic rings. The molecule has 0 atom stereocenters. The quantitative estimate of drug-likeness (QED) is 0.655. The third-order valence-electron chi connectivity index (χ3n) is 4.50. The number of fused-ring (bicyclic) bond motifs is 1. The predicted octanol–water partition coefficient (Wildman–Crippen LogP) is 3.11. The van der Waals surface area contributed by atoms with Gasteiger partial charge in [-0.15, -0.1) is 11.3 Å². The number of hydrogen-bond acceptors (Lipinski definition) is 5. The zero-order valence-corrected chi connectivity index (χ0v) is 15.7. The zero-order valence-electron chi connectivity index (χ0n) is 14.9. The third-order valence-corrected chi connectivity index (χ3v) is 5.35. The minimum absolute atomic E-state index is 0.0579. The Balaban J connectivity index is 1.30. The van der Waals surface area contributed by atoms with E-state index in [1.807, 2.05) is 35.7 Å². The molecule has 140 valence electrons. The van der Waals surface area contributed by atoms with Crippen LogP contribution in [0.3, 0.4) is 0 Å². The van der Waals surface area contributed by atoms with Gasteiger partial charge in [-0.2, -0.15) is 0 Å². The second kappa shape index (κ2) is 7.74. The maximum absolute atomic E-state index is 12.3. The van der Waals surface area contributed by atoms with Crippen LogP contribution < -0.4 is 5.32 Å². The lowest BCUT2D eigenvalue weighted by molar-refractivity contribution is -0.121. The van der Waals surface area contributed by atoms with Crippen molar-refractivity contribution in [3.05, 3.63) is 76.1 Å². The van der Waals surface area contributed by atoms with E-state index in [0.29, 0.717) is 17.7 Å². The first-order chi connectivity index (χ1) is 13.6. The number of carbonyl (C=O) groups excluding carboxylic acids is 3. The first-order valence-corrected chi connectivity index (χ1v) is 9.73. The monoisotopic (exact) mass is 391 g/mol. The van der Waals surface area contributed by atoms with Crippen LogP contribution in [-0.4, -0.2) is 34.2 Å². The smallest absolute Gasteiger partial charge is 0.261 e. The molecule has 0 saturated heterocycles. The molecule has 2 heterocycles. The molecule has 0 fully saturated rings. The van der Waals surface area contributed by atoms with E-state index in [-0.39, 0.29) is 30.7 Å². The van der Waals surface area contributed by atoms with E-state index in [0.717, 1.165) is 21.2 Å². The van der Waals surface area contributed by atoms with Crippen LogP contribution in [-0.2, 0) is 11.3 Å². The van der Waals surface area contributed by atoms with Gasteiger partial charge < -0.3 is 5.32 Å². The van der Waals surface area contributed by atoms with Gasteiger partial charge in [-0.25, -0.2) is 4.98 Å². The lowest BCUT2D eigenvalue weighted by Gasteiger charge is -2.13. The van der Waals surface area contributed by atoms with E-state index >= 15 is 0 Å². The Kier molecular flexibility index (Phi) is 4.99. The number of carbonyl (C=O) groups is 3. The van der Waals surface area contributed by atoms with E-state index in [1.165, 1.54) is 11.3 Å². The van der Waals surface area contributed by atoms with Gasteiger partial charge in [0.2, 0.25) is 5.91 Å². The number of amides is 3. The Bertz CT molecular complexity index is 1010. The molecular formula is C21H17N3O3S. The molecule has 0 radical (unpaired) electrons. The van der Waals surface area contributed by atoms with E-state index < -0.39 is 0 Å². The van der Waals surface area contributed by atoms with Crippen molar-refractivity contribution in [2.75, 3.05) is 6.54 Å². The second-order valence-electron chi connectivity index (χ2n) is 6.33. The third kappa shape index (κ3) is 3.57. The highest BCUT2D eigenvalue weighted by Crippen LogP contribution is 2.23. The molecule has 3 amide bonds. The Morgan fingerprint density at radius 1 is 0.964 bits per heavy atom. The number of imide groups is 1. The van der Waals surface area contributed by atoms with Crippen LogP contribution in [0.4, 0.5) is 0 Å². The minimum atomic E-state index is -0.346. The van der Waals surface area contributed by atoms with E-state index in [1.54, 1.807) is 24.3 Å². The normalized spacial score (nSPS) is 12.9. The molecule has 0 aliphatic carbocycles. The van der Waals surface area contributed by atoms with Crippen molar-refractivity contribution in [2.24, 2.45) is 0 Å². The van der Waals surface area contributed by atoms with Crippen molar-refractivity contribution in [1.82, 2.24) is 15.2 Å². The van der Waals surface area contributed by atoms with Crippen molar-refractivity contribution in [3.63, 3.8) is 0 Å². The largest absolute Gasteiger partial charge is 0.350 e. The summed E-state index contributed by atoms with van der Waals surface area (Å²) in [6.45, 7) is 0.379. The maximum Gasteiger partial charge on any atom is 0.261 e. The van der Waals surface area contributed by atoms with Crippen LogP contribution in [0.1, 0.15) is 32.1 Å². The van der Waals surface area contributed by atoms with Gasteiger partial charge in [-0.3, -0.25) is 19.3 Å². The Labute approximate surface area is 165 Å². The topological polar surface area (TPSA) is 79.4 Å². The molecule has 6 nitrogen and oxygen atoms in total. The summed E-state index contributed by atoms with van der Waals surface area (Å²) >= 11 is 1.48. The highest BCUT2D eigenvalue weighted by Gasteiger charge is 2.34. The fourth-order valence-corrected chi connectivity index (χ4v) is 3.79. The first-order valence-electron chi connectivity index (χ1n) is 8.85. The number of rotatable bonds is 6. The molecule has 0 saturated carbocycles. The van der Waals surface area contributed by atoms with Gasteiger partial charge in [0, 0.05) is 23.9 Å². The molecule has 0 spiro atoms. The van der Waals surface area contributed by atoms with Gasteiger partial charge in [0.25, 0.3) is 11.8 Å². The molecule has 1 aliphatic heterocycles. The van der Waals surface area contributed by atoms with Gasteiger partial charge in [-0.05, 0) is 12.1 Å². The summed E-state index contributed by atoms with van der Waals surface area (Å²) < 4.78 is 0. The van der Waals surface area contributed by atoms with Crippen LogP contribution in [0.2, 0.25) is 0 Å². The molecule has 1 aliphatic rings. The number of benzene rings is 2. The predicted molar refractivity (Wildman–Crippen MR) is 106 cm³/mol. The number of nitrogens with one attached hydrogen (secondary N) is 1. The van der Waals surface area contributed by atoms with Crippen LogP contribution in [0.5, 0.6) is 0 Å². The molecule has 0 bridgehead atoms. The maximum atomic E-state index is 12.3. The first kappa shape index (κ1) is 18.1. The van der Waals surface area contributed by atoms with Crippen molar-refractivity contribution >= 4 is 29.1 Å². The van der Waals surface area contributed by atoms with Crippen LogP contribution >= 0.6 is 11.3 Å². The fourth-order valence-electron chi connectivity index (χ4n) is 3.05. The number of thiazole rings is 1. The lowest BCUT2D eigenvalue weighted by atomic mass is 10.1. The van der Waals surface area contributed by atoms with Crippen LogP contribution in [0.25, 0.3) is 11.3 Å². The molecule has 28 heavy (non-hydrogen) atoms. The highest BCUT2D eigenvalue weighted by molar-refractivity contribution is 7.09. The van der Waals surface area contributed by atoms with Crippen molar-refractivity contribution in [1.29, 1.82) is 0 Å². The van der Waals surface area contributed by atoms with Crippen LogP contribution in [0, 0.1) is 0 Å². The van der Waals surface area contributed by atoms with Gasteiger partial charge in [0.15, 0.2) is 0 Å². The SMILES string of the molecule is O=C(CCN1C(=O)c2ccccc2C1=O)NCc1nc(-c2ccccc2)cs1. The second-order valence-corrected chi connectivity index (χ2v) is 7.27. The summed E-state index contributed by atoms with van der Waals surface area (Å²) in [5.41, 5.74) is 2.69. The number of nitrogens with zero attached hydrogens (tertiary/aromatic N) is 2. The molecule has 7 heteroatoms. The highest BCUT2D eigenvalue weighted by atomic mass is 32.1. The Hall–Kier alpha value is -3.32. The van der Waals surface area contributed by atoms with Crippen LogP contribution in [0.15, 0.2) is 60.0 Å². The molecule has 1 N–H and O–H groups in total. The fraction of sp³-hybridized carbons (Fsp3) is 0.143. The summed E-state index contributed by atoms with van der Waals surface area (Å²) in [4.78, 5) is 42.4.